The molecule has 0 radical (unpaired) electrons. The maximum atomic E-state index is 12.2. The monoisotopic (exact) mass is 276 g/mol. The summed E-state index contributed by atoms with van der Waals surface area (Å²) in [6.07, 6.45) is 2.10. The van der Waals surface area contributed by atoms with Crippen LogP contribution in [0.25, 0.3) is 0 Å². The highest BCUT2D eigenvalue weighted by atomic mass is 16.5. The van der Waals surface area contributed by atoms with E-state index in [1.165, 1.54) is 7.11 Å². The zero-order valence-electron chi connectivity index (χ0n) is 11.5. The Morgan fingerprint density at radius 1 is 1.35 bits per heavy atom. The van der Waals surface area contributed by atoms with Crippen LogP contribution in [-0.2, 0) is 14.3 Å². The molecule has 1 saturated carbocycles. The summed E-state index contributed by atoms with van der Waals surface area (Å²) in [6, 6.07) is 8.56. The molecule has 5 heteroatoms. The fourth-order valence-corrected chi connectivity index (χ4v) is 2.20. The van der Waals surface area contributed by atoms with Crippen LogP contribution in [0.15, 0.2) is 30.3 Å². The van der Waals surface area contributed by atoms with Crippen LogP contribution in [0.4, 0.5) is 0 Å². The van der Waals surface area contributed by atoms with Crippen molar-refractivity contribution in [3.05, 3.63) is 35.9 Å². The molecule has 20 heavy (non-hydrogen) atoms. The lowest BCUT2D eigenvalue weighted by Crippen LogP contribution is -2.46. The van der Waals surface area contributed by atoms with Crippen LogP contribution in [0.3, 0.4) is 0 Å². The Bertz CT molecular complexity index is 471. The quantitative estimate of drug-likeness (QED) is 0.783. The molecule has 0 aliphatic heterocycles. The van der Waals surface area contributed by atoms with Gasteiger partial charge in [-0.2, -0.15) is 0 Å². The average Bonchev–Trinajstić information content (AvgIpc) is 3.24. The number of amides is 2. The normalized spacial score (nSPS) is 17.2. The topological polar surface area (TPSA) is 81.4 Å². The van der Waals surface area contributed by atoms with Gasteiger partial charge in [0.15, 0.2) is 6.10 Å². The van der Waals surface area contributed by atoms with Gasteiger partial charge in [-0.25, -0.2) is 0 Å². The zero-order chi connectivity index (χ0) is 14.5. The number of methoxy groups -OCH3 is 1. The second kappa shape index (κ2) is 6.52. The summed E-state index contributed by atoms with van der Waals surface area (Å²) >= 11 is 0. The number of hydrogen-bond donors (Lipinski definition) is 2. The minimum absolute atomic E-state index is 0.330. The molecule has 2 atom stereocenters. The first-order chi connectivity index (χ1) is 9.61. The number of primary amides is 1. The molecule has 1 aliphatic carbocycles. The van der Waals surface area contributed by atoms with E-state index in [9.17, 15) is 9.59 Å². The number of carbonyl (C=O) groups is 2. The number of rotatable bonds is 7. The van der Waals surface area contributed by atoms with Crippen molar-refractivity contribution >= 4 is 11.8 Å². The largest absolute Gasteiger partial charge is 0.368 e. The molecule has 0 heterocycles. The first kappa shape index (κ1) is 14.5. The van der Waals surface area contributed by atoms with Gasteiger partial charge in [-0.3, -0.25) is 9.59 Å². The van der Waals surface area contributed by atoms with E-state index in [0.29, 0.717) is 12.3 Å². The van der Waals surface area contributed by atoms with E-state index in [1.807, 2.05) is 30.3 Å². The van der Waals surface area contributed by atoms with E-state index in [4.69, 9.17) is 10.5 Å². The second-order valence-electron chi connectivity index (χ2n) is 5.17. The molecule has 0 spiro atoms. The van der Waals surface area contributed by atoms with E-state index in [1.54, 1.807) is 0 Å². The van der Waals surface area contributed by atoms with Crippen LogP contribution in [0.2, 0.25) is 0 Å². The zero-order valence-corrected chi connectivity index (χ0v) is 11.5. The third-order valence-electron chi connectivity index (χ3n) is 3.50. The predicted octanol–water partition coefficient (Wildman–Crippen LogP) is 1.14. The van der Waals surface area contributed by atoms with Gasteiger partial charge < -0.3 is 15.8 Å². The van der Waals surface area contributed by atoms with Crippen LogP contribution >= 0.6 is 0 Å². The number of nitrogens with two attached hydrogens (primary N) is 1. The smallest absolute Gasteiger partial charge is 0.254 e. The van der Waals surface area contributed by atoms with Crippen LogP contribution < -0.4 is 11.1 Å². The number of benzene rings is 1. The average molecular weight is 276 g/mol. The summed E-state index contributed by atoms with van der Waals surface area (Å²) in [5.74, 6) is -0.318. The lowest BCUT2D eigenvalue weighted by molar-refractivity contribution is -0.135. The molecular weight excluding hydrogens is 256 g/mol. The molecule has 0 bridgehead atoms. The molecule has 0 saturated heterocycles. The van der Waals surface area contributed by atoms with Crippen molar-refractivity contribution in [2.45, 2.75) is 31.4 Å². The summed E-state index contributed by atoms with van der Waals surface area (Å²) in [4.78, 5) is 23.7. The minimum Gasteiger partial charge on any atom is -0.368 e. The first-order valence-electron chi connectivity index (χ1n) is 6.79. The third kappa shape index (κ3) is 3.81. The highest BCUT2D eigenvalue weighted by Crippen LogP contribution is 2.33. The standard InChI is InChI=1S/C15H20N2O3/c1-20-13(11-5-3-2-4-6-11)15(19)17-12(14(16)18)9-10-7-8-10/h2-6,10,12-13H,7-9H2,1H3,(H2,16,18)(H,17,19)/t12-,13-/m1/s1. The van der Waals surface area contributed by atoms with Gasteiger partial charge in [0, 0.05) is 7.11 Å². The van der Waals surface area contributed by atoms with Gasteiger partial charge in [0.2, 0.25) is 5.91 Å². The molecule has 2 rings (SSSR count). The predicted molar refractivity (Wildman–Crippen MR) is 74.7 cm³/mol. The maximum Gasteiger partial charge on any atom is 0.254 e. The van der Waals surface area contributed by atoms with Crippen molar-refractivity contribution in [3.63, 3.8) is 0 Å². The lowest BCUT2D eigenvalue weighted by atomic mass is 10.1. The van der Waals surface area contributed by atoms with E-state index in [0.717, 1.165) is 18.4 Å². The van der Waals surface area contributed by atoms with Gasteiger partial charge in [0.1, 0.15) is 6.04 Å². The molecule has 1 aromatic rings. The van der Waals surface area contributed by atoms with Crippen LogP contribution in [0.1, 0.15) is 30.9 Å². The van der Waals surface area contributed by atoms with Gasteiger partial charge in [-0.05, 0) is 17.9 Å². The summed E-state index contributed by atoms with van der Waals surface area (Å²) in [5, 5.41) is 2.70. The highest BCUT2D eigenvalue weighted by molar-refractivity contribution is 5.89. The molecule has 1 aromatic carbocycles. The summed E-state index contributed by atoms with van der Waals surface area (Å²) < 4.78 is 5.24. The van der Waals surface area contributed by atoms with Gasteiger partial charge in [-0.15, -0.1) is 0 Å². The Labute approximate surface area is 118 Å². The first-order valence-corrected chi connectivity index (χ1v) is 6.79. The van der Waals surface area contributed by atoms with E-state index >= 15 is 0 Å². The van der Waals surface area contributed by atoms with Crippen molar-refractivity contribution in [2.75, 3.05) is 7.11 Å². The van der Waals surface area contributed by atoms with Crippen molar-refractivity contribution < 1.29 is 14.3 Å². The minimum atomic E-state index is -0.725. The molecule has 0 unspecified atom stereocenters. The molecule has 1 fully saturated rings. The molecule has 2 amide bonds. The molecule has 1 aliphatic rings. The van der Waals surface area contributed by atoms with Crippen molar-refractivity contribution in [2.24, 2.45) is 11.7 Å². The van der Waals surface area contributed by atoms with Crippen LogP contribution in [0.5, 0.6) is 0 Å². The third-order valence-corrected chi connectivity index (χ3v) is 3.50. The number of carbonyl (C=O) groups excluding carboxylic acids is 2. The van der Waals surface area contributed by atoms with Gasteiger partial charge in [-0.1, -0.05) is 43.2 Å². The highest BCUT2D eigenvalue weighted by Gasteiger charge is 2.31. The van der Waals surface area contributed by atoms with Crippen molar-refractivity contribution in [3.8, 4) is 0 Å². The summed E-state index contributed by atoms with van der Waals surface area (Å²) in [5.41, 5.74) is 6.10. The Morgan fingerprint density at radius 3 is 2.50 bits per heavy atom. The van der Waals surface area contributed by atoms with E-state index in [2.05, 4.69) is 5.32 Å². The Hall–Kier alpha value is -1.88. The SMILES string of the molecule is CO[C@@H](C(=O)N[C@H](CC1CC1)C(N)=O)c1ccccc1. The fraction of sp³-hybridized carbons (Fsp3) is 0.467. The molecular formula is C15H20N2O3. The number of hydrogen-bond acceptors (Lipinski definition) is 3. The molecule has 3 N–H and O–H groups in total. The Balaban J connectivity index is 2.02. The molecule has 0 aromatic heterocycles. The van der Waals surface area contributed by atoms with Gasteiger partial charge >= 0.3 is 0 Å². The fourth-order valence-electron chi connectivity index (χ4n) is 2.20. The molecule has 108 valence electrons. The Kier molecular flexibility index (Phi) is 4.74. The maximum absolute atomic E-state index is 12.2. The Morgan fingerprint density at radius 2 is 2.00 bits per heavy atom. The van der Waals surface area contributed by atoms with Crippen molar-refractivity contribution in [1.82, 2.24) is 5.32 Å². The van der Waals surface area contributed by atoms with E-state index < -0.39 is 18.1 Å². The van der Waals surface area contributed by atoms with Gasteiger partial charge in [0.05, 0.1) is 0 Å². The lowest BCUT2D eigenvalue weighted by Gasteiger charge is -2.20. The van der Waals surface area contributed by atoms with Gasteiger partial charge in [0.25, 0.3) is 5.91 Å². The number of ether oxygens (including phenoxy) is 1. The van der Waals surface area contributed by atoms with Crippen LogP contribution in [-0.4, -0.2) is 25.0 Å². The summed E-state index contributed by atoms with van der Waals surface area (Å²) in [6.45, 7) is 0. The van der Waals surface area contributed by atoms with E-state index in [-0.39, 0.29) is 5.91 Å². The summed E-state index contributed by atoms with van der Waals surface area (Å²) in [7, 11) is 1.47. The molecule has 5 nitrogen and oxygen atoms in total. The number of nitrogens with one attached hydrogen (secondary N) is 1. The van der Waals surface area contributed by atoms with Crippen LogP contribution in [0, 0.1) is 5.92 Å². The van der Waals surface area contributed by atoms with Crippen molar-refractivity contribution in [1.29, 1.82) is 0 Å². The second-order valence-corrected chi connectivity index (χ2v) is 5.17.